The van der Waals surface area contributed by atoms with Crippen molar-refractivity contribution >= 4 is 0 Å². The van der Waals surface area contributed by atoms with E-state index in [1.165, 1.54) is 5.56 Å². The van der Waals surface area contributed by atoms with Gasteiger partial charge in [0.2, 0.25) is 0 Å². The van der Waals surface area contributed by atoms with Gasteiger partial charge in [0.15, 0.2) is 0 Å². The lowest BCUT2D eigenvalue weighted by atomic mass is 9.86. The maximum atomic E-state index is 5.99. The van der Waals surface area contributed by atoms with Crippen molar-refractivity contribution in [3.05, 3.63) is 59.7 Å². The molecule has 0 aliphatic heterocycles. The van der Waals surface area contributed by atoms with Gasteiger partial charge in [-0.1, -0.05) is 51.1 Å². The fraction of sp³-hybridized carbons (Fsp3) is 0.333. The van der Waals surface area contributed by atoms with Crippen molar-refractivity contribution < 1.29 is 9.47 Å². The van der Waals surface area contributed by atoms with E-state index >= 15 is 0 Å². The molecule has 0 aromatic heterocycles. The summed E-state index contributed by atoms with van der Waals surface area (Å²) in [6, 6.07) is 16.2. The monoisotopic (exact) mass is 270 g/mol. The molecule has 0 saturated heterocycles. The Morgan fingerprint density at radius 1 is 0.950 bits per heavy atom. The fourth-order valence-electron chi connectivity index (χ4n) is 2.08. The number of hydrogen-bond acceptors (Lipinski definition) is 2. The van der Waals surface area contributed by atoms with E-state index in [1.54, 1.807) is 7.11 Å². The van der Waals surface area contributed by atoms with E-state index in [-0.39, 0.29) is 5.41 Å². The molecule has 2 aromatic rings. The molecule has 0 amide bonds. The van der Waals surface area contributed by atoms with Crippen LogP contribution in [-0.4, -0.2) is 7.11 Å². The predicted molar refractivity (Wildman–Crippen MR) is 82.5 cm³/mol. The molecule has 0 N–H and O–H groups in total. The van der Waals surface area contributed by atoms with E-state index in [2.05, 4.69) is 39.0 Å². The van der Waals surface area contributed by atoms with Crippen molar-refractivity contribution in [2.24, 2.45) is 0 Å². The Bertz CT molecular complexity index is 553. The van der Waals surface area contributed by atoms with Gasteiger partial charge < -0.3 is 9.47 Å². The van der Waals surface area contributed by atoms with E-state index < -0.39 is 0 Å². The molecule has 0 fully saturated rings. The van der Waals surface area contributed by atoms with Crippen molar-refractivity contribution in [3.63, 3.8) is 0 Å². The maximum Gasteiger partial charge on any atom is 0.123 e. The van der Waals surface area contributed by atoms with Gasteiger partial charge in [0, 0.05) is 5.56 Å². The minimum Gasteiger partial charge on any atom is -0.497 e. The summed E-state index contributed by atoms with van der Waals surface area (Å²) in [6.07, 6.45) is 0. The summed E-state index contributed by atoms with van der Waals surface area (Å²) >= 11 is 0. The molecule has 2 rings (SSSR count). The summed E-state index contributed by atoms with van der Waals surface area (Å²) in [7, 11) is 1.69. The lowest BCUT2D eigenvalue weighted by Crippen LogP contribution is -2.13. The molecule has 0 bridgehead atoms. The lowest BCUT2D eigenvalue weighted by Gasteiger charge is -2.23. The highest BCUT2D eigenvalue weighted by Gasteiger charge is 2.20. The standard InChI is InChI=1S/C18H22O2/c1-18(2,3)16-12-15(19-4)10-11-17(16)20-13-14-8-6-5-7-9-14/h5-12H,13H2,1-4H3. The molecule has 0 saturated carbocycles. The summed E-state index contributed by atoms with van der Waals surface area (Å²) < 4.78 is 11.3. The molecule has 2 heteroatoms. The molecule has 0 atom stereocenters. The minimum atomic E-state index is 0.0144. The SMILES string of the molecule is COc1ccc(OCc2ccccc2)c(C(C)(C)C)c1. The van der Waals surface area contributed by atoms with E-state index in [4.69, 9.17) is 9.47 Å². The Labute approximate surface area is 121 Å². The maximum absolute atomic E-state index is 5.99. The van der Waals surface area contributed by atoms with Crippen LogP contribution in [0.4, 0.5) is 0 Å². The van der Waals surface area contributed by atoms with Crippen molar-refractivity contribution in [2.45, 2.75) is 32.8 Å². The average Bonchev–Trinajstić information content (AvgIpc) is 2.45. The second-order valence-corrected chi connectivity index (χ2v) is 5.89. The largest absolute Gasteiger partial charge is 0.497 e. The molecule has 106 valence electrons. The van der Waals surface area contributed by atoms with Crippen molar-refractivity contribution in [3.8, 4) is 11.5 Å². The molecule has 2 nitrogen and oxygen atoms in total. The third-order valence-electron chi connectivity index (χ3n) is 3.23. The van der Waals surface area contributed by atoms with Gasteiger partial charge in [0.25, 0.3) is 0 Å². The summed E-state index contributed by atoms with van der Waals surface area (Å²) in [6.45, 7) is 7.11. The van der Waals surface area contributed by atoms with Gasteiger partial charge in [-0.3, -0.25) is 0 Å². The quantitative estimate of drug-likeness (QED) is 0.810. The minimum absolute atomic E-state index is 0.0144. The highest BCUT2D eigenvalue weighted by Crippen LogP contribution is 2.34. The zero-order chi connectivity index (χ0) is 14.6. The first-order valence-corrected chi connectivity index (χ1v) is 6.86. The number of methoxy groups -OCH3 is 1. The van der Waals surface area contributed by atoms with Gasteiger partial charge in [0.1, 0.15) is 18.1 Å². The van der Waals surface area contributed by atoms with Crippen LogP contribution in [0.5, 0.6) is 11.5 Å². The van der Waals surface area contributed by atoms with E-state index in [9.17, 15) is 0 Å². The predicted octanol–water partition coefficient (Wildman–Crippen LogP) is 4.57. The molecule has 20 heavy (non-hydrogen) atoms. The van der Waals surface area contributed by atoms with Gasteiger partial charge in [0.05, 0.1) is 7.11 Å². The summed E-state index contributed by atoms with van der Waals surface area (Å²) in [5.74, 6) is 1.78. The molecular formula is C18H22O2. The molecule has 2 aromatic carbocycles. The Morgan fingerprint density at radius 2 is 1.65 bits per heavy atom. The lowest BCUT2D eigenvalue weighted by molar-refractivity contribution is 0.296. The molecule has 0 spiro atoms. The highest BCUT2D eigenvalue weighted by molar-refractivity contribution is 5.44. The Balaban J connectivity index is 2.23. The van der Waals surface area contributed by atoms with Crippen molar-refractivity contribution in [1.29, 1.82) is 0 Å². The van der Waals surface area contributed by atoms with Crippen LogP contribution in [-0.2, 0) is 12.0 Å². The average molecular weight is 270 g/mol. The van der Waals surface area contributed by atoms with Gasteiger partial charge in [-0.05, 0) is 29.2 Å². The second-order valence-electron chi connectivity index (χ2n) is 5.89. The highest BCUT2D eigenvalue weighted by atomic mass is 16.5. The first-order valence-electron chi connectivity index (χ1n) is 6.86. The number of benzene rings is 2. The molecule has 0 heterocycles. The Hall–Kier alpha value is -1.96. The fourth-order valence-corrected chi connectivity index (χ4v) is 2.08. The number of rotatable bonds is 4. The number of hydrogen-bond donors (Lipinski definition) is 0. The molecule has 0 unspecified atom stereocenters. The number of ether oxygens (including phenoxy) is 2. The van der Waals surface area contributed by atoms with Crippen LogP contribution < -0.4 is 9.47 Å². The Morgan fingerprint density at radius 3 is 2.25 bits per heavy atom. The first kappa shape index (κ1) is 14.4. The molecular weight excluding hydrogens is 248 g/mol. The zero-order valence-corrected chi connectivity index (χ0v) is 12.6. The Kier molecular flexibility index (Phi) is 4.33. The normalized spacial score (nSPS) is 11.2. The van der Waals surface area contributed by atoms with Gasteiger partial charge in [-0.15, -0.1) is 0 Å². The van der Waals surface area contributed by atoms with Crippen LogP contribution in [0.1, 0.15) is 31.9 Å². The third kappa shape index (κ3) is 3.53. The van der Waals surface area contributed by atoms with Gasteiger partial charge in [-0.25, -0.2) is 0 Å². The zero-order valence-electron chi connectivity index (χ0n) is 12.6. The van der Waals surface area contributed by atoms with Crippen molar-refractivity contribution in [1.82, 2.24) is 0 Å². The van der Waals surface area contributed by atoms with Crippen LogP contribution in [0.15, 0.2) is 48.5 Å². The van der Waals surface area contributed by atoms with Crippen molar-refractivity contribution in [2.75, 3.05) is 7.11 Å². The topological polar surface area (TPSA) is 18.5 Å². The van der Waals surface area contributed by atoms with E-state index in [0.29, 0.717) is 6.61 Å². The molecule has 0 aliphatic carbocycles. The van der Waals surface area contributed by atoms with Crippen LogP contribution in [0.3, 0.4) is 0 Å². The summed E-state index contributed by atoms with van der Waals surface area (Å²) in [4.78, 5) is 0. The summed E-state index contributed by atoms with van der Waals surface area (Å²) in [5, 5.41) is 0. The van der Waals surface area contributed by atoms with Crippen LogP contribution >= 0.6 is 0 Å². The van der Waals surface area contributed by atoms with E-state index in [0.717, 1.165) is 17.1 Å². The van der Waals surface area contributed by atoms with Gasteiger partial charge in [-0.2, -0.15) is 0 Å². The van der Waals surface area contributed by atoms with Crippen LogP contribution in [0.25, 0.3) is 0 Å². The first-order chi connectivity index (χ1) is 9.50. The third-order valence-corrected chi connectivity index (χ3v) is 3.23. The molecule has 0 aliphatic rings. The summed E-state index contributed by atoms with van der Waals surface area (Å²) in [5.41, 5.74) is 2.34. The second kappa shape index (κ2) is 6.00. The van der Waals surface area contributed by atoms with Gasteiger partial charge >= 0.3 is 0 Å². The van der Waals surface area contributed by atoms with E-state index in [1.807, 2.05) is 30.3 Å². The van der Waals surface area contributed by atoms with Crippen LogP contribution in [0.2, 0.25) is 0 Å². The molecule has 0 radical (unpaired) electrons. The smallest absolute Gasteiger partial charge is 0.123 e. The van der Waals surface area contributed by atoms with Crippen LogP contribution in [0, 0.1) is 0 Å².